The van der Waals surface area contributed by atoms with E-state index in [9.17, 15) is 13.5 Å². The van der Waals surface area contributed by atoms with Crippen molar-refractivity contribution in [1.82, 2.24) is 4.31 Å². The summed E-state index contributed by atoms with van der Waals surface area (Å²) in [6, 6.07) is 1.55. The molecule has 1 unspecified atom stereocenters. The lowest BCUT2D eigenvalue weighted by Crippen LogP contribution is -2.48. The maximum atomic E-state index is 12.6. The van der Waals surface area contributed by atoms with Gasteiger partial charge in [-0.15, -0.1) is 11.3 Å². The number of aryl methyl sites for hydroxylation is 1. The predicted molar refractivity (Wildman–Crippen MR) is 73.8 cm³/mol. The van der Waals surface area contributed by atoms with E-state index in [1.165, 1.54) is 4.31 Å². The minimum absolute atomic E-state index is 0.0984. The molecule has 0 bridgehead atoms. The quantitative estimate of drug-likeness (QED) is 0.912. The van der Waals surface area contributed by atoms with Gasteiger partial charge in [-0.1, -0.05) is 6.92 Å². The molecule has 1 N–H and O–H groups in total. The van der Waals surface area contributed by atoms with Crippen molar-refractivity contribution in [3.8, 4) is 0 Å². The first-order valence-electron chi connectivity index (χ1n) is 6.30. The maximum absolute atomic E-state index is 12.6. The van der Waals surface area contributed by atoms with E-state index in [0.717, 1.165) is 23.3 Å². The number of thiophene rings is 1. The summed E-state index contributed by atoms with van der Waals surface area (Å²) in [5.74, 6) is 0. The second-order valence-corrected chi connectivity index (χ2v) is 7.84. The van der Waals surface area contributed by atoms with Crippen LogP contribution in [0.3, 0.4) is 0 Å². The normalized spacial score (nSPS) is 21.7. The van der Waals surface area contributed by atoms with E-state index in [0.29, 0.717) is 28.8 Å². The minimum atomic E-state index is -3.47. The highest BCUT2D eigenvalue weighted by molar-refractivity contribution is 7.91. The van der Waals surface area contributed by atoms with Crippen LogP contribution in [-0.4, -0.2) is 43.6 Å². The third-order valence-corrected chi connectivity index (χ3v) is 6.97. The van der Waals surface area contributed by atoms with Gasteiger partial charge in [-0.3, -0.25) is 0 Å². The molecule has 2 heterocycles. The van der Waals surface area contributed by atoms with E-state index in [-0.39, 0.29) is 12.6 Å². The van der Waals surface area contributed by atoms with Crippen LogP contribution in [0.25, 0.3) is 0 Å². The van der Waals surface area contributed by atoms with Gasteiger partial charge >= 0.3 is 0 Å². The molecule has 5 nitrogen and oxygen atoms in total. The van der Waals surface area contributed by atoms with Crippen LogP contribution in [0.5, 0.6) is 0 Å². The molecular formula is C12H19NO4S2. The lowest BCUT2D eigenvalue weighted by molar-refractivity contribution is 0.0315. The number of nitrogens with zero attached hydrogens (tertiary/aromatic N) is 1. The van der Waals surface area contributed by atoms with Crippen LogP contribution in [0.4, 0.5) is 0 Å². The molecule has 108 valence electrons. The summed E-state index contributed by atoms with van der Waals surface area (Å²) >= 11 is 1.15. The Morgan fingerprint density at radius 2 is 2.32 bits per heavy atom. The van der Waals surface area contributed by atoms with Crippen molar-refractivity contribution >= 4 is 21.4 Å². The number of aliphatic hydroxyl groups is 1. The highest BCUT2D eigenvalue weighted by Gasteiger charge is 2.34. The van der Waals surface area contributed by atoms with E-state index in [4.69, 9.17) is 4.74 Å². The van der Waals surface area contributed by atoms with Gasteiger partial charge in [0.2, 0.25) is 0 Å². The molecule has 1 atom stereocenters. The fourth-order valence-corrected chi connectivity index (χ4v) is 5.41. The smallest absolute Gasteiger partial charge is 0.252 e. The molecular weight excluding hydrogens is 286 g/mol. The second kappa shape index (κ2) is 5.88. The highest BCUT2D eigenvalue weighted by Crippen LogP contribution is 2.30. The Labute approximate surface area is 117 Å². The molecule has 19 heavy (non-hydrogen) atoms. The summed E-state index contributed by atoms with van der Waals surface area (Å²) in [6.07, 6.45) is 0.733. The topological polar surface area (TPSA) is 66.8 Å². The van der Waals surface area contributed by atoms with Crippen molar-refractivity contribution in [2.24, 2.45) is 0 Å². The summed E-state index contributed by atoms with van der Waals surface area (Å²) < 4.78 is 32.5. The molecule has 1 saturated heterocycles. The number of aliphatic hydroxyl groups excluding tert-OH is 1. The van der Waals surface area contributed by atoms with Gasteiger partial charge in [0, 0.05) is 17.5 Å². The summed E-state index contributed by atoms with van der Waals surface area (Å²) in [4.78, 5) is 0.708. The van der Waals surface area contributed by atoms with Gasteiger partial charge in [0.05, 0.1) is 19.8 Å². The van der Waals surface area contributed by atoms with Gasteiger partial charge in [0.15, 0.2) is 0 Å². The van der Waals surface area contributed by atoms with Crippen LogP contribution in [0.15, 0.2) is 10.3 Å². The van der Waals surface area contributed by atoms with Crippen LogP contribution in [-0.2, 0) is 21.4 Å². The number of sulfonamides is 1. The van der Waals surface area contributed by atoms with E-state index < -0.39 is 10.0 Å². The molecule has 1 fully saturated rings. The van der Waals surface area contributed by atoms with Gasteiger partial charge in [0.1, 0.15) is 4.21 Å². The Morgan fingerprint density at radius 3 is 2.89 bits per heavy atom. The fraction of sp³-hybridized carbons (Fsp3) is 0.667. The number of morpholine rings is 1. The zero-order chi connectivity index (χ0) is 14.0. The van der Waals surface area contributed by atoms with Crippen LogP contribution in [0.2, 0.25) is 0 Å². The molecule has 7 heteroatoms. The monoisotopic (exact) mass is 305 g/mol. The number of ether oxygens (including phenoxy) is 1. The molecule has 2 rings (SSSR count). The Balaban J connectivity index is 2.34. The van der Waals surface area contributed by atoms with Gasteiger partial charge in [-0.05, 0) is 25.0 Å². The van der Waals surface area contributed by atoms with Gasteiger partial charge in [-0.25, -0.2) is 8.42 Å². The van der Waals surface area contributed by atoms with Crippen LogP contribution < -0.4 is 0 Å². The number of hydrogen-bond acceptors (Lipinski definition) is 5. The molecule has 0 saturated carbocycles. The van der Waals surface area contributed by atoms with Crippen LogP contribution >= 0.6 is 11.3 Å². The summed E-state index contributed by atoms with van der Waals surface area (Å²) in [5, 5.41) is 9.19. The van der Waals surface area contributed by atoms with Crippen molar-refractivity contribution in [1.29, 1.82) is 0 Å². The average Bonchev–Trinajstić information content (AvgIpc) is 2.80. The second-order valence-electron chi connectivity index (χ2n) is 4.58. The predicted octanol–water partition coefficient (Wildman–Crippen LogP) is 1.35. The Hall–Kier alpha value is -0.470. The molecule has 0 radical (unpaired) electrons. The van der Waals surface area contributed by atoms with Gasteiger partial charge in [0.25, 0.3) is 10.0 Å². The standard InChI is InChI=1S/C12H19NO4S2/c1-3-10-8-17-5-4-13(10)19(15,16)12-6-9(2)11(7-14)18-12/h6,10,14H,3-5,7-8H2,1-2H3. The first-order valence-corrected chi connectivity index (χ1v) is 8.56. The van der Waals surface area contributed by atoms with Crippen LogP contribution in [0.1, 0.15) is 23.8 Å². The molecule has 1 aliphatic rings. The fourth-order valence-electron chi connectivity index (χ4n) is 2.17. The number of rotatable bonds is 4. The SMILES string of the molecule is CCC1COCCN1S(=O)(=O)c1cc(C)c(CO)s1. The van der Waals surface area contributed by atoms with Gasteiger partial charge in [-0.2, -0.15) is 4.31 Å². The number of hydrogen-bond donors (Lipinski definition) is 1. The van der Waals surface area contributed by atoms with Gasteiger partial charge < -0.3 is 9.84 Å². The summed E-state index contributed by atoms with van der Waals surface area (Å²) in [7, 11) is -3.47. The molecule has 1 aromatic rings. The van der Waals surface area contributed by atoms with E-state index >= 15 is 0 Å². The first-order chi connectivity index (χ1) is 9.00. The molecule has 1 aliphatic heterocycles. The molecule has 0 spiro atoms. The largest absolute Gasteiger partial charge is 0.391 e. The lowest BCUT2D eigenvalue weighted by Gasteiger charge is -2.33. The summed E-state index contributed by atoms with van der Waals surface area (Å²) in [6.45, 7) is 4.94. The van der Waals surface area contributed by atoms with Crippen molar-refractivity contribution in [2.75, 3.05) is 19.8 Å². The first kappa shape index (κ1) is 14.9. The third-order valence-electron chi connectivity index (χ3n) is 3.35. The lowest BCUT2D eigenvalue weighted by atomic mass is 10.2. The zero-order valence-electron chi connectivity index (χ0n) is 11.1. The molecule has 1 aromatic heterocycles. The van der Waals surface area contributed by atoms with E-state index in [2.05, 4.69) is 0 Å². The molecule has 0 aliphatic carbocycles. The molecule has 0 aromatic carbocycles. The van der Waals surface area contributed by atoms with Crippen molar-refractivity contribution in [2.45, 2.75) is 37.1 Å². The average molecular weight is 305 g/mol. The minimum Gasteiger partial charge on any atom is -0.391 e. The maximum Gasteiger partial charge on any atom is 0.252 e. The summed E-state index contributed by atoms with van der Waals surface area (Å²) in [5.41, 5.74) is 0.826. The Kier molecular flexibility index (Phi) is 4.62. The highest BCUT2D eigenvalue weighted by atomic mass is 32.2. The van der Waals surface area contributed by atoms with E-state index in [1.807, 2.05) is 13.8 Å². The van der Waals surface area contributed by atoms with Crippen molar-refractivity contribution in [3.63, 3.8) is 0 Å². The van der Waals surface area contributed by atoms with Crippen molar-refractivity contribution < 1.29 is 18.3 Å². The zero-order valence-corrected chi connectivity index (χ0v) is 12.8. The third kappa shape index (κ3) is 2.85. The molecule has 0 amide bonds. The van der Waals surface area contributed by atoms with Crippen molar-refractivity contribution in [3.05, 3.63) is 16.5 Å². The Morgan fingerprint density at radius 1 is 1.58 bits per heavy atom. The van der Waals surface area contributed by atoms with Crippen LogP contribution in [0, 0.1) is 6.92 Å². The van der Waals surface area contributed by atoms with E-state index in [1.54, 1.807) is 6.07 Å². The Bertz CT molecular complexity index is 538.